The van der Waals surface area contributed by atoms with Gasteiger partial charge in [-0.15, -0.1) is 0 Å². The van der Waals surface area contributed by atoms with Gasteiger partial charge in [-0.25, -0.2) is 14.8 Å². The number of nitriles is 1. The highest BCUT2D eigenvalue weighted by Gasteiger charge is 2.30. The fraction of sp³-hybridized carbons (Fsp3) is 0.462. The molecule has 37 heavy (non-hydrogen) atoms. The number of hydrogen-bond donors (Lipinski definition) is 1. The first-order valence-electron chi connectivity index (χ1n) is 12.3. The first-order valence-corrected chi connectivity index (χ1v) is 12.3. The molecule has 194 valence electrons. The fourth-order valence-electron chi connectivity index (χ4n) is 4.59. The summed E-state index contributed by atoms with van der Waals surface area (Å²) in [5.74, 6) is 0.965. The highest BCUT2D eigenvalue weighted by atomic mass is 16.5. The van der Waals surface area contributed by atoms with Crippen LogP contribution in [0.3, 0.4) is 0 Å². The van der Waals surface area contributed by atoms with Crippen LogP contribution in [0.1, 0.15) is 53.9 Å². The van der Waals surface area contributed by atoms with Crippen LogP contribution < -0.4 is 15.0 Å². The second-order valence-corrected chi connectivity index (χ2v) is 9.33. The minimum atomic E-state index is -0.463. The number of carbonyl (C=O) groups is 3. The van der Waals surface area contributed by atoms with E-state index in [9.17, 15) is 19.6 Å². The topological polar surface area (TPSA) is 138 Å². The van der Waals surface area contributed by atoms with Crippen molar-refractivity contribution in [2.24, 2.45) is 5.92 Å². The van der Waals surface area contributed by atoms with Gasteiger partial charge in [0.15, 0.2) is 6.29 Å². The molecule has 0 bridgehead atoms. The fourth-order valence-corrected chi connectivity index (χ4v) is 4.59. The van der Waals surface area contributed by atoms with E-state index < -0.39 is 6.03 Å². The Morgan fingerprint density at radius 1 is 1.38 bits per heavy atom. The summed E-state index contributed by atoms with van der Waals surface area (Å²) < 4.78 is 10.9. The van der Waals surface area contributed by atoms with Crippen molar-refractivity contribution < 1.29 is 23.9 Å². The summed E-state index contributed by atoms with van der Waals surface area (Å²) in [7, 11) is 1.55. The number of fused-ring (bicyclic) bond motifs is 1. The molecule has 11 nitrogen and oxygen atoms in total. The monoisotopic (exact) mass is 506 g/mol. The molecule has 3 amide bonds. The molecule has 2 aromatic rings. The number of methoxy groups -OCH3 is 1. The van der Waals surface area contributed by atoms with Gasteiger partial charge in [0.2, 0.25) is 5.91 Å². The lowest BCUT2D eigenvalue weighted by atomic mass is 10.0. The van der Waals surface area contributed by atoms with Gasteiger partial charge in [-0.1, -0.05) is 6.92 Å². The zero-order valence-corrected chi connectivity index (χ0v) is 21.2. The van der Waals surface area contributed by atoms with Crippen LogP contribution in [-0.4, -0.2) is 66.0 Å². The number of rotatable bonds is 8. The van der Waals surface area contributed by atoms with Crippen molar-refractivity contribution in [3.63, 3.8) is 0 Å². The number of likely N-dealkylation sites (tertiary alicyclic amines) is 1. The predicted molar refractivity (Wildman–Crippen MR) is 134 cm³/mol. The van der Waals surface area contributed by atoms with Crippen LogP contribution in [0.4, 0.5) is 16.4 Å². The summed E-state index contributed by atoms with van der Waals surface area (Å²) in [5.41, 5.74) is 1.97. The molecule has 0 aromatic carbocycles. The van der Waals surface area contributed by atoms with Crippen LogP contribution in [0.25, 0.3) is 0 Å². The van der Waals surface area contributed by atoms with E-state index in [4.69, 9.17) is 9.47 Å². The zero-order valence-electron chi connectivity index (χ0n) is 21.2. The van der Waals surface area contributed by atoms with E-state index in [1.165, 1.54) is 17.2 Å². The summed E-state index contributed by atoms with van der Waals surface area (Å²) in [5, 5.41) is 12.1. The summed E-state index contributed by atoms with van der Waals surface area (Å²) in [6.45, 7) is 5.43. The molecule has 4 rings (SSSR count). The summed E-state index contributed by atoms with van der Waals surface area (Å²) >= 11 is 0. The smallest absolute Gasteiger partial charge is 0.328 e. The van der Waals surface area contributed by atoms with Gasteiger partial charge >= 0.3 is 6.03 Å². The van der Waals surface area contributed by atoms with Crippen LogP contribution in [0, 0.1) is 17.2 Å². The second kappa shape index (κ2) is 11.3. The maximum Gasteiger partial charge on any atom is 0.328 e. The number of amides is 3. The lowest BCUT2D eigenvalue weighted by Gasteiger charge is -2.29. The maximum absolute atomic E-state index is 13.2. The molecule has 2 atom stereocenters. The minimum Gasteiger partial charge on any atom is -0.487 e. The van der Waals surface area contributed by atoms with Gasteiger partial charge in [0.1, 0.15) is 40.8 Å². The Hall–Kier alpha value is -4.04. The molecule has 1 N–H and O–H groups in total. The standard InChI is InChI=1S/C26H30N6O5/c1-16-6-8-31(25(16)34)13-19-9-18-5-4-7-32(24(18)29-21(19)14-33)26(35)30-23-10-22(20(11-27)12-28-23)37-17(2)15-36-3/h9-10,12,14,16-17H,4-8,13,15H2,1-3H3,(H,28,30,35)/t16-,17-/m0/s1. The molecular weight excluding hydrogens is 476 g/mol. The number of pyridine rings is 2. The highest BCUT2D eigenvalue weighted by molar-refractivity contribution is 6.01. The van der Waals surface area contributed by atoms with E-state index in [0.29, 0.717) is 56.8 Å². The van der Waals surface area contributed by atoms with E-state index in [1.807, 2.05) is 19.1 Å². The van der Waals surface area contributed by atoms with Crippen molar-refractivity contribution in [1.82, 2.24) is 14.9 Å². The lowest BCUT2D eigenvalue weighted by molar-refractivity contribution is -0.131. The first kappa shape index (κ1) is 26.0. The Morgan fingerprint density at radius 2 is 2.19 bits per heavy atom. The SMILES string of the molecule is COC[C@H](C)Oc1cc(NC(=O)N2CCCc3cc(CN4CC[C@H](C)C4=O)c(C=O)nc32)ncc1C#N. The molecule has 11 heteroatoms. The molecule has 0 unspecified atom stereocenters. The van der Waals surface area contributed by atoms with Gasteiger partial charge in [0.25, 0.3) is 0 Å². The molecule has 1 fully saturated rings. The molecule has 0 spiro atoms. The third-order valence-electron chi connectivity index (χ3n) is 6.51. The van der Waals surface area contributed by atoms with E-state index in [-0.39, 0.29) is 40.8 Å². The molecule has 2 aromatic heterocycles. The summed E-state index contributed by atoms with van der Waals surface area (Å²) in [6.07, 6.45) is 3.90. The Morgan fingerprint density at radius 3 is 2.86 bits per heavy atom. The van der Waals surface area contributed by atoms with Gasteiger partial charge in [-0.05, 0) is 37.8 Å². The number of nitrogens with one attached hydrogen (secondary N) is 1. The van der Waals surface area contributed by atoms with Crippen molar-refractivity contribution in [3.8, 4) is 11.8 Å². The van der Waals surface area contributed by atoms with Crippen LogP contribution in [0.15, 0.2) is 18.3 Å². The molecule has 2 aliphatic rings. The highest BCUT2D eigenvalue weighted by Crippen LogP contribution is 2.30. The van der Waals surface area contributed by atoms with Crippen molar-refractivity contribution in [2.45, 2.75) is 45.8 Å². The number of carbonyl (C=O) groups excluding carboxylic acids is 3. The van der Waals surface area contributed by atoms with Crippen LogP contribution in [-0.2, 0) is 22.5 Å². The average molecular weight is 507 g/mol. The van der Waals surface area contributed by atoms with Crippen molar-refractivity contribution >= 4 is 29.9 Å². The number of hydrogen-bond acceptors (Lipinski definition) is 8. The van der Waals surface area contributed by atoms with Gasteiger partial charge in [-0.2, -0.15) is 5.26 Å². The number of aromatic nitrogens is 2. The third kappa shape index (κ3) is 5.70. The van der Waals surface area contributed by atoms with Gasteiger partial charge in [-0.3, -0.25) is 19.8 Å². The molecule has 0 radical (unpaired) electrons. The Labute approximate surface area is 215 Å². The van der Waals surface area contributed by atoms with Crippen molar-refractivity contribution in [3.05, 3.63) is 40.7 Å². The minimum absolute atomic E-state index is 0.0191. The predicted octanol–water partition coefficient (Wildman–Crippen LogP) is 2.93. The first-order chi connectivity index (χ1) is 17.8. The number of ether oxygens (including phenoxy) is 2. The number of urea groups is 1. The number of nitrogens with zero attached hydrogens (tertiary/aromatic N) is 5. The van der Waals surface area contributed by atoms with E-state index in [2.05, 4.69) is 15.3 Å². The van der Waals surface area contributed by atoms with E-state index in [0.717, 1.165) is 12.0 Å². The summed E-state index contributed by atoms with van der Waals surface area (Å²) in [6, 6.07) is 4.94. The second-order valence-electron chi connectivity index (χ2n) is 9.33. The van der Waals surface area contributed by atoms with Gasteiger partial charge in [0, 0.05) is 44.3 Å². The van der Waals surface area contributed by atoms with Gasteiger partial charge in [0.05, 0.1) is 12.8 Å². The Kier molecular flexibility index (Phi) is 7.98. The third-order valence-corrected chi connectivity index (χ3v) is 6.51. The normalized spacial score (nSPS) is 17.7. The molecule has 2 aliphatic heterocycles. The maximum atomic E-state index is 13.2. The van der Waals surface area contributed by atoms with Crippen molar-refractivity contribution in [1.29, 1.82) is 5.26 Å². The lowest BCUT2D eigenvalue weighted by Crippen LogP contribution is -2.40. The average Bonchev–Trinajstić information content (AvgIpc) is 3.20. The molecule has 4 heterocycles. The molecule has 0 saturated carbocycles. The molecule has 0 aliphatic carbocycles. The largest absolute Gasteiger partial charge is 0.487 e. The van der Waals surface area contributed by atoms with Crippen molar-refractivity contribution in [2.75, 3.05) is 37.0 Å². The van der Waals surface area contributed by atoms with Crippen LogP contribution in [0.2, 0.25) is 0 Å². The van der Waals surface area contributed by atoms with Crippen LogP contribution in [0.5, 0.6) is 5.75 Å². The summed E-state index contributed by atoms with van der Waals surface area (Å²) in [4.78, 5) is 49.4. The quantitative estimate of drug-likeness (QED) is 0.540. The number of aryl methyl sites for hydroxylation is 1. The number of aldehydes is 1. The molecule has 1 saturated heterocycles. The van der Waals surface area contributed by atoms with E-state index >= 15 is 0 Å². The van der Waals surface area contributed by atoms with Gasteiger partial charge < -0.3 is 14.4 Å². The molecular formula is C26H30N6O5. The Bertz CT molecular complexity index is 1240. The van der Waals surface area contributed by atoms with E-state index in [1.54, 1.807) is 18.9 Å². The zero-order chi connectivity index (χ0) is 26.5. The Balaban J connectivity index is 1.55. The number of anilines is 2. The van der Waals surface area contributed by atoms with Crippen LogP contribution >= 0.6 is 0 Å².